The summed E-state index contributed by atoms with van der Waals surface area (Å²) < 4.78 is 7.47. The zero-order valence-corrected chi connectivity index (χ0v) is 15.7. The fourth-order valence-electron chi connectivity index (χ4n) is 3.45. The molecule has 1 aliphatic rings. The topological polar surface area (TPSA) is 69.0 Å². The minimum Gasteiger partial charge on any atom is -0.376 e. The molecule has 27 heavy (non-hydrogen) atoms. The molecule has 140 valence electrons. The summed E-state index contributed by atoms with van der Waals surface area (Å²) in [6.45, 7) is 5.42. The third-order valence-corrected chi connectivity index (χ3v) is 4.88. The van der Waals surface area contributed by atoms with Gasteiger partial charge in [0.2, 0.25) is 0 Å². The van der Waals surface area contributed by atoms with Crippen molar-refractivity contribution in [1.82, 2.24) is 20.1 Å². The van der Waals surface area contributed by atoms with Crippen molar-refractivity contribution in [3.05, 3.63) is 48.2 Å². The molecule has 0 saturated carbocycles. The zero-order chi connectivity index (χ0) is 18.8. The van der Waals surface area contributed by atoms with Gasteiger partial charge in [0.15, 0.2) is 5.65 Å². The highest BCUT2D eigenvalue weighted by molar-refractivity contribution is 6.06. The summed E-state index contributed by atoms with van der Waals surface area (Å²) in [6, 6.07) is 11.9. The summed E-state index contributed by atoms with van der Waals surface area (Å²) in [7, 11) is 0. The van der Waals surface area contributed by atoms with E-state index in [-0.39, 0.29) is 18.1 Å². The molecule has 4 rings (SSSR count). The molecule has 0 bridgehead atoms. The summed E-state index contributed by atoms with van der Waals surface area (Å²) in [5.74, 6) is -0.113. The van der Waals surface area contributed by atoms with E-state index in [0.717, 1.165) is 41.7 Å². The van der Waals surface area contributed by atoms with Crippen LogP contribution in [0.2, 0.25) is 0 Å². The Morgan fingerprint density at radius 1 is 1.33 bits per heavy atom. The molecule has 1 N–H and O–H groups in total. The molecule has 1 fully saturated rings. The number of amides is 1. The lowest BCUT2D eigenvalue weighted by Crippen LogP contribution is -2.31. The van der Waals surface area contributed by atoms with Crippen molar-refractivity contribution in [1.29, 1.82) is 0 Å². The van der Waals surface area contributed by atoms with Gasteiger partial charge in [-0.05, 0) is 32.8 Å². The van der Waals surface area contributed by atoms with Crippen molar-refractivity contribution >= 4 is 16.9 Å². The quantitative estimate of drug-likeness (QED) is 0.751. The largest absolute Gasteiger partial charge is 0.376 e. The van der Waals surface area contributed by atoms with Crippen molar-refractivity contribution in [3.8, 4) is 11.3 Å². The Hall–Kier alpha value is -2.73. The first-order chi connectivity index (χ1) is 13.1. The van der Waals surface area contributed by atoms with Crippen LogP contribution in [-0.4, -0.2) is 39.9 Å². The van der Waals surface area contributed by atoms with E-state index in [2.05, 4.69) is 24.3 Å². The normalized spacial score (nSPS) is 16.9. The van der Waals surface area contributed by atoms with Gasteiger partial charge in [-0.25, -0.2) is 9.67 Å². The summed E-state index contributed by atoms with van der Waals surface area (Å²) in [6.07, 6.45) is 3.89. The van der Waals surface area contributed by atoms with E-state index in [1.165, 1.54) is 0 Å². The molecule has 1 saturated heterocycles. The van der Waals surface area contributed by atoms with Crippen molar-refractivity contribution in [2.45, 2.75) is 38.8 Å². The van der Waals surface area contributed by atoms with Gasteiger partial charge in [-0.1, -0.05) is 30.3 Å². The lowest BCUT2D eigenvalue weighted by molar-refractivity contribution is 0.0859. The van der Waals surface area contributed by atoms with Gasteiger partial charge < -0.3 is 10.1 Å². The first-order valence-electron chi connectivity index (χ1n) is 9.47. The summed E-state index contributed by atoms with van der Waals surface area (Å²) in [4.78, 5) is 17.7. The monoisotopic (exact) mass is 364 g/mol. The maximum Gasteiger partial charge on any atom is 0.252 e. The Morgan fingerprint density at radius 2 is 2.15 bits per heavy atom. The molecule has 0 radical (unpaired) electrons. The van der Waals surface area contributed by atoms with Gasteiger partial charge in [-0.15, -0.1) is 0 Å². The molecule has 1 unspecified atom stereocenters. The summed E-state index contributed by atoms with van der Waals surface area (Å²) in [5.41, 5.74) is 3.08. The van der Waals surface area contributed by atoms with Crippen LogP contribution in [0.1, 0.15) is 43.1 Å². The molecule has 0 spiro atoms. The molecule has 1 aromatic carbocycles. The molecular weight excluding hydrogens is 340 g/mol. The number of carbonyl (C=O) groups is 1. The predicted molar refractivity (Wildman–Crippen MR) is 105 cm³/mol. The number of carbonyl (C=O) groups excluding carboxylic acids is 1. The number of nitrogens with zero attached hydrogens (tertiary/aromatic N) is 3. The highest BCUT2D eigenvalue weighted by atomic mass is 16.5. The van der Waals surface area contributed by atoms with E-state index in [1.54, 1.807) is 6.20 Å². The number of hydrogen-bond acceptors (Lipinski definition) is 4. The van der Waals surface area contributed by atoms with Crippen LogP contribution in [0.15, 0.2) is 42.6 Å². The second-order valence-electron chi connectivity index (χ2n) is 7.19. The lowest BCUT2D eigenvalue weighted by atomic mass is 10.1. The van der Waals surface area contributed by atoms with E-state index in [9.17, 15) is 4.79 Å². The molecule has 6 heteroatoms. The second-order valence-corrected chi connectivity index (χ2v) is 7.19. The first kappa shape index (κ1) is 17.7. The maximum atomic E-state index is 12.9. The number of rotatable bonds is 5. The number of nitrogens with one attached hydrogen (secondary N) is 1. The zero-order valence-electron chi connectivity index (χ0n) is 15.7. The average Bonchev–Trinajstić information content (AvgIpc) is 3.35. The molecule has 1 amide bonds. The van der Waals surface area contributed by atoms with E-state index in [0.29, 0.717) is 12.1 Å². The van der Waals surface area contributed by atoms with Crippen LogP contribution in [0.5, 0.6) is 0 Å². The van der Waals surface area contributed by atoms with E-state index < -0.39 is 0 Å². The van der Waals surface area contributed by atoms with Crippen molar-refractivity contribution < 1.29 is 9.53 Å². The third-order valence-electron chi connectivity index (χ3n) is 4.88. The van der Waals surface area contributed by atoms with Gasteiger partial charge in [0, 0.05) is 24.8 Å². The fraction of sp³-hybridized carbons (Fsp3) is 0.381. The number of ether oxygens (including phenoxy) is 1. The van der Waals surface area contributed by atoms with Crippen LogP contribution in [0.25, 0.3) is 22.3 Å². The molecule has 1 aliphatic heterocycles. The van der Waals surface area contributed by atoms with Gasteiger partial charge >= 0.3 is 0 Å². The Labute approximate surface area is 158 Å². The third kappa shape index (κ3) is 3.57. The van der Waals surface area contributed by atoms with Crippen LogP contribution in [0.4, 0.5) is 0 Å². The van der Waals surface area contributed by atoms with Crippen LogP contribution in [0, 0.1) is 0 Å². The standard InChI is InChI=1S/C21H24N4O2/c1-14(2)25-20-18(13-23-25)17(21(26)22-12-16-9-6-10-27-16)11-19(24-20)15-7-4-3-5-8-15/h3-5,7-8,11,13-14,16H,6,9-10,12H2,1-2H3,(H,22,26). The summed E-state index contributed by atoms with van der Waals surface area (Å²) in [5, 5.41) is 8.25. The summed E-state index contributed by atoms with van der Waals surface area (Å²) >= 11 is 0. The van der Waals surface area contributed by atoms with Crippen LogP contribution >= 0.6 is 0 Å². The van der Waals surface area contributed by atoms with Gasteiger partial charge in [-0.2, -0.15) is 5.10 Å². The highest BCUT2D eigenvalue weighted by Gasteiger charge is 2.21. The first-order valence-corrected chi connectivity index (χ1v) is 9.47. The average molecular weight is 364 g/mol. The SMILES string of the molecule is CC(C)n1ncc2c(C(=O)NCC3CCCO3)cc(-c3ccccc3)nc21. The minimum atomic E-state index is -0.113. The molecular formula is C21H24N4O2. The van der Waals surface area contributed by atoms with Crippen molar-refractivity contribution in [2.75, 3.05) is 13.2 Å². The number of aromatic nitrogens is 3. The number of benzene rings is 1. The number of fused-ring (bicyclic) bond motifs is 1. The Kier molecular flexibility index (Phi) is 4.90. The van der Waals surface area contributed by atoms with Gasteiger partial charge in [-0.3, -0.25) is 4.79 Å². The minimum absolute atomic E-state index is 0.109. The second kappa shape index (κ2) is 7.48. The Balaban J connectivity index is 1.74. The fourth-order valence-corrected chi connectivity index (χ4v) is 3.45. The molecule has 6 nitrogen and oxygen atoms in total. The Bertz CT molecular complexity index is 943. The van der Waals surface area contributed by atoms with Gasteiger partial charge in [0.05, 0.1) is 28.9 Å². The van der Waals surface area contributed by atoms with Crippen molar-refractivity contribution in [3.63, 3.8) is 0 Å². The number of pyridine rings is 1. The molecule has 3 heterocycles. The molecule has 1 atom stereocenters. The molecule has 3 aromatic rings. The maximum absolute atomic E-state index is 12.9. The number of hydrogen-bond donors (Lipinski definition) is 1. The van der Waals surface area contributed by atoms with Gasteiger partial charge in [0.1, 0.15) is 0 Å². The highest BCUT2D eigenvalue weighted by Crippen LogP contribution is 2.26. The van der Waals surface area contributed by atoms with Gasteiger partial charge in [0.25, 0.3) is 5.91 Å². The van der Waals surface area contributed by atoms with E-state index in [1.807, 2.05) is 41.1 Å². The predicted octanol–water partition coefficient (Wildman–Crippen LogP) is 3.59. The van der Waals surface area contributed by atoms with E-state index >= 15 is 0 Å². The van der Waals surface area contributed by atoms with Crippen LogP contribution < -0.4 is 5.32 Å². The van der Waals surface area contributed by atoms with Crippen molar-refractivity contribution in [2.24, 2.45) is 0 Å². The molecule has 2 aromatic heterocycles. The van der Waals surface area contributed by atoms with Crippen LogP contribution in [-0.2, 0) is 4.74 Å². The Morgan fingerprint density at radius 3 is 2.85 bits per heavy atom. The molecule has 0 aliphatic carbocycles. The van der Waals surface area contributed by atoms with Crippen LogP contribution in [0.3, 0.4) is 0 Å². The lowest BCUT2D eigenvalue weighted by Gasteiger charge is -2.13. The smallest absolute Gasteiger partial charge is 0.252 e. The van der Waals surface area contributed by atoms with E-state index in [4.69, 9.17) is 9.72 Å².